The number of nitrogens with zero attached hydrogens (tertiary/aromatic N) is 2. The van der Waals surface area contributed by atoms with Gasteiger partial charge in [-0.1, -0.05) is 22.0 Å². The fraction of sp³-hybridized carbons (Fsp3) is 0.231. The molecule has 1 aromatic carbocycles. The Bertz CT molecular complexity index is 542. The minimum Gasteiger partial charge on any atom is -0.354 e. The first-order valence-corrected chi connectivity index (χ1v) is 6.59. The van der Waals surface area contributed by atoms with Crippen molar-refractivity contribution in [2.75, 3.05) is 17.2 Å². The molecule has 0 spiro atoms. The molecule has 0 radical (unpaired) electrons. The van der Waals surface area contributed by atoms with Crippen LogP contribution < -0.4 is 10.6 Å². The average Bonchev–Trinajstić information content (AvgIpc) is 2.36. The van der Waals surface area contributed by atoms with E-state index >= 15 is 0 Å². The Balaban J connectivity index is 2.23. The summed E-state index contributed by atoms with van der Waals surface area (Å²) in [5.41, 5.74) is 2.19. The van der Waals surface area contributed by atoms with Crippen LogP contribution in [0.5, 0.6) is 0 Å². The fourth-order valence-electron chi connectivity index (χ4n) is 1.55. The highest BCUT2D eigenvalue weighted by molar-refractivity contribution is 9.10. The Morgan fingerprint density at radius 1 is 1.28 bits per heavy atom. The molecule has 1 heterocycles. The molecule has 0 unspecified atom stereocenters. The highest BCUT2D eigenvalue weighted by Gasteiger charge is 2.03. The fourth-order valence-corrected chi connectivity index (χ4v) is 1.92. The van der Waals surface area contributed by atoms with Gasteiger partial charge in [-0.15, -0.1) is 0 Å². The van der Waals surface area contributed by atoms with Crippen LogP contribution in [0.4, 0.5) is 17.5 Å². The number of anilines is 3. The first-order valence-electron chi connectivity index (χ1n) is 5.79. The maximum absolute atomic E-state index is 4.38. The molecule has 2 N–H and O–H groups in total. The number of hydrogen-bond donors (Lipinski definition) is 2. The topological polar surface area (TPSA) is 49.8 Å². The van der Waals surface area contributed by atoms with Crippen LogP contribution in [0.3, 0.4) is 0 Å². The monoisotopic (exact) mass is 306 g/mol. The van der Waals surface area contributed by atoms with Gasteiger partial charge >= 0.3 is 0 Å². The van der Waals surface area contributed by atoms with Crippen LogP contribution >= 0.6 is 15.9 Å². The van der Waals surface area contributed by atoms with E-state index in [1.165, 1.54) is 0 Å². The predicted octanol–water partition coefficient (Wildman–Crippen LogP) is 3.72. The van der Waals surface area contributed by atoms with Crippen molar-refractivity contribution in [2.45, 2.75) is 13.8 Å². The molecule has 0 saturated heterocycles. The summed E-state index contributed by atoms with van der Waals surface area (Å²) in [5.74, 6) is 1.41. The zero-order valence-electron chi connectivity index (χ0n) is 10.4. The van der Waals surface area contributed by atoms with Crippen LogP contribution in [0, 0.1) is 6.92 Å². The molecule has 0 aliphatic heterocycles. The smallest absolute Gasteiger partial charge is 0.224 e. The zero-order valence-corrected chi connectivity index (χ0v) is 12.0. The molecule has 0 aliphatic carbocycles. The van der Waals surface area contributed by atoms with E-state index in [0.717, 1.165) is 28.1 Å². The molecule has 94 valence electrons. The molecule has 0 amide bonds. The third kappa shape index (κ3) is 2.98. The van der Waals surface area contributed by atoms with Crippen molar-refractivity contribution in [1.82, 2.24) is 9.97 Å². The van der Waals surface area contributed by atoms with Crippen molar-refractivity contribution in [3.8, 4) is 0 Å². The molecule has 18 heavy (non-hydrogen) atoms. The van der Waals surface area contributed by atoms with Gasteiger partial charge in [0, 0.05) is 22.9 Å². The van der Waals surface area contributed by atoms with Gasteiger partial charge in [-0.2, -0.15) is 4.98 Å². The summed E-state index contributed by atoms with van der Waals surface area (Å²) in [6, 6.07) is 7.88. The van der Waals surface area contributed by atoms with Crippen LogP contribution in [-0.2, 0) is 0 Å². The quantitative estimate of drug-likeness (QED) is 0.904. The molecule has 1 aromatic heterocycles. The lowest BCUT2D eigenvalue weighted by Gasteiger charge is -2.10. The summed E-state index contributed by atoms with van der Waals surface area (Å²) in [5, 5.41) is 6.38. The Morgan fingerprint density at radius 2 is 2.11 bits per heavy atom. The molecule has 2 rings (SSSR count). The second-order valence-electron chi connectivity index (χ2n) is 3.83. The summed E-state index contributed by atoms with van der Waals surface area (Å²) >= 11 is 3.51. The number of nitrogens with one attached hydrogen (secondary N) is 2. The second-order valence-corrected chi connectivity index (χ2v) is 4.69. The largest absolute Gasteiger partial charge is 0.354 e. The predicted molar refractivity (Wildman–Crippen MR) is 78.4 cm³/mol. The summed E-state index contributed by atoms with van der Waals surface area (Å²) < 4.78 is 1.08. The van der Waals surface area contributed by atoms with E-state index in [2.05, 4.69) is 43.5 Å². The molecule has 0 fully saturated rings. The van der Waals surface area contributed by atoms with Crippen molar-refractivity contribution in [3.63, 3.8) is 0 Å². The Kier molecular flexibility index (Phi) is 4.15. The number of halogens is 1. The van der Waals surface area contributed by atoms with Gasteiger partial charge in [0.25, 0.3) is 0 Å². The number of benzene rings is 1. The van der Waals surface area contributed by atoms with Gasteiger partial charge in [-0.05, 0) is 37.6 Å². The minimum atomic E-state index is 0.634. The Labute approximate surface area is 115 Å². The summed E-state index contributed by atoms with van der Waals surface area (Å²) in [6.07, 6.45) is 1.74. The third-order valence-electron chi connectivity index (χ3n) is 2.52. The van der Waals surface area contributed by atoms with Crippen LogP contribution in [0.2, 0.25) is 0 Å². The number of rotatable bonds is 4. The average molecular weight is 307 g/mol. The molecule has 0 atom stereocenters. The van der Waals surface area contributed by atoms with Gasteiger partial charge in [-0.3, -0.25) is 0 Å². The Morgan fingerprint density at radius 3 is 2.89 bits per heavy atom. The highest BCUT2D eigenvalue weighted by Crippen LogP contribution is 2.25. The lowest BCUT2D eigenvalue weighted by Crippen LogP contribution is -2.04. The molecule has 4 nitrogen and oxygen atoms in total. The molecule has 0 saturated carbocycles. The summed E-state index contributed by atoms with van der Waals surface area (Å²) in [7, 11) is 0. The van der Waals surface area contributed by atoms with E-state index in [-0.39, 0.29) is 0 Å². The first-order chi connectivity index (χ1) is 8.70. The normalized spacial score (nSPS) is 10.2. The summed E-state index contributed by atoms with van der Waals surface area (Å²) in [6.45, 7) is 4.88. The van der Waals surface area contributed by atoms with Crippen molar-refractivity contribution in [2.24, 2.45) is 0 Å². The van der Waals surface area contributed by atoms with Gasteiger partial charge < -0.3 is 10.6 Å². The second kappa shape index (κ2) is 5.82. The van der Waals surface area contributed by atoms with Crippen molar-refractivity contribution >= 4 is 33.4 Å². The lowest BCUT2D eigenvalue weighted by atomic mass is 10.2. The maximum Gasteiger partial charge on any atom is 0.224 e. The molecular weight excluding hydrogens is 292 g/mol. The SMILES string of the molecule is CCNc1nccc(Nc2cccc(Br)c2C)n1. The third-order valence-corrected chi connectivity index (χ3v) is 3.38. The van der Waals surface area contributed by atoms with E-state index < -0.39 is 0 Å². The van der Waals surface area contributed by atoms with Crippen LogP contribution in [0.1, 0.15) is 12.5 Å². The summed E-state index contributed by atoms with van der Waals surface area (Å²) in [4.78, 5) is 8.52. The lowest BCUT2D eigenvalue weighted by molar-refractivity contribution is 1.09. The van der Waals surface area contributed by atoms with Crippen molar-refractivity contribution in [3.05, 3.63) is 40.5 Å². The van der Waals surface area contributed by atoms with Crippen LogP contribution in [0.15, 0.2) is 34.9 Å². The molecule has 2 aromatic rings. The number of hydrogen-bond acceptors (Lipinski definition) is 4. The highest BCUT2D eigenvalue weighted by atomic mass is 79.9. The van der Waals surface area contributed by atoms with Crippen molar-refractivity contribution in [1.29, 1.82) is 0 Å². The van der Waals surface area contributed by atoms with Crippen molar-refractivity contribution < 1.29 is 0 Å². The standard InChI is InChI=1S/C13H15BrN4/c1-3-15-13-16-8-7-12(18-13)17-11-6-4-5-10(14)9(11)2/h4-8H,3H2,1-2H3,(H2,15,16,17,18). The zero-order chi connectivity index (χ0) is 13.0. The van der Waals surface area contributed by atoms with Gasteiger partial charge in [0.05, 0.1) is 0 Å². The minimum absolute atomic E-state index is 0.634. The molecular formula is C13H15BrN4. The molecule has 0 aliphatic rings. The number of aromatic nitrogens is 2. The molecule has 0 bridgehead atoms. The first kappa shape index (κ1) is 12.8. The Hall–Kier alpha value is -1.62. The van der Waals surface area contributed by atoms with Gasteiger partial charge in [0.2, 0.25) is 5.95 Å². The van der Waals surface area contributed by atoms with E-state index in [1.54, 1.807) is 6.20 Å². The van der Waals surface area contributed by atoms with E-state index in [4.69, 9.17) is 0 Å². The van der Waals surface area contributed by atoms with Crippen LogP contribution in [-0.4, -0.2) is 16.5 Å². The maximum atomic E-state index is 4.38. The molecule has 5 heteroatoms. The van der Waals surface area contributed by atoms with Gasteiger partial charge in [0.1, 0.15) is 5.82 Å². The van der Waals surface area contributed by atoms with E-state index in [0.29, 0.717) is 5.95 Å². The van der Waals surface area contributed by atoms with E-state index in [9.17, 15) is 0 Å². The van der Waals surface area contributed by atoms with Gasteiger partial charge in [0.15, 0.2) is 0 Å². The van der Waals surface area contributed by atoms with E-state index in [1.807, 2.05) is 31.2 Å². The van der Waals surface area contributed by atoms with Gasteiger partial charge in [-0.25, -0.2) is 4.98 Å². The van der Waals surface area contributed by atoms with Crippen LogP contribution in [0.25, 0.3) is 0 Å².